The number of rotatable bonds is 4. The van der Waals surface area contributed by atoms with Crippen LogP contribution in [0, 0.1) is 5.82 Å². The zero-order chi connectivity index (χ0) is 13.0. The van der Waals surface area contributed by atoms with Gasteiger partial charge in [0.05, 0.1) is 0 Å². The van der Waals surface area contributed by atoms with Gasteiger partial charge >= 0.3 is 0 Å². The van der Waals surface area contributed by atoms with E-state index >= 15 is 0 Å². The van der Waals surface area contributed by atoms with Crippen molar-refractivity contribution in [2.45, 2.75) is 13.1 Å². The van der Waals surface area contributed by atoms with E-state index in [1.807, 2.05) is 18.2 Å². The molecule has 0 saturated heterocycles. The fourth-order valence-corrected chi connectivity index (χ4v) is 2.28. The Hall–Kier alpha value is -1.09. The second-order valence-electron chi connectivity index (χ2n) is 4.01. The van der Waals surface area contributed by atoms with E-state index in [9.17, 15) is 4.39 Å². The fraction of sp³-hybridized carbons (Fsp3) is 0.143. The molecule has 0 saturated carbocycles. The lowest BCUT2D eigenvalue weighted by Crippen LogP contribution is -2.12. The van der Waals surface area contributed by atoms with Crippen molar-refractivity contribution in [2.75, 3.05) is 0 Å². The number of hydrogen-bond donors (Lipinski definition) is 1. The summed E-state index contributed by atoms with van der Waals surface area (Å²) in [6, 6.07) is 11.9. The molecule has 2 rings (SSSR count). The Morgan fingerprint density at radius 2 is 1.56 bits per heavy atom. The highest BCUT2D eigenvalue weighted by Gasteiger charge is 1.99. The minimum atomic E-state index is -0.222. The average molecular weight is 284 g/mol. The van der Waals surface area contributed by atoms with Crippen molar-refractivity contribution < 1.29 is 4.39 Å². The maximum Gasteiger partial charge on any atom is 0.123 e. The number of benzene rings is 2. The van der Waals surface area contributed by atoms with Crippen LogP contribution in [0.2, 0.25) is 10.0 Å². The first kappa shape index (κ1) is 13.3. The molecule has 0 aliphatic carbocycles. The molecular formula is C14H12Cl2FN. The second kappa shape index (κ2) is 6.19. The zero-order valence-corrected chi connectivity index (χ0v) is 11.1. The predicted octanol–water partition coefficient (Wildman–Crippen LogP) is 4.42. The molecule has 4 heteroatoms. The van der Waals surface area contributed by atoms with Gasteiger partial charge in [0.1, 0.15) is 5.82 Å². The summed E-state index contributed by atoms with van der Waals surface area (Å²) in [7, 11) is 0. The molecule has 0 unspecified atom stereocenters. The Morgan fingerprint density at radius 1 is 0.889 bits per heavy atom. The molecule has 2 aromatic rings. The van der Waals surface area contributed by atoms with Crippen molar-refractivity contribution in [3.63, 3.8) is 0 Å². The van der Waals surface area contributed by atoms with Gasteiger partial charge in [-0.3, -0.25) is 0 Å². The van der Waals surface area contributed by atoms with E-state index in [-0.39, 0.29) is 5.82 Å². The van der Waals surface area contributed by atoms with Crippen LogP contribution in [0.4, 0.5) is 4.39 Å². The highest BCUT2D eigenvalue weighted by molar-refractivity contribution is 6.34. The van der Waals surface area contributed by atoms with Crippen LogP contribution < -0.4 is 5.32 Å². The summed E-state index contributed by atoms with van der Waals surface area (Å²) in [5.74, 6) is -0.222. The highest BCUT2D eigenvalue weighted by Crippen LogP contribution is 2.18. The van der Waals surface area contributed by atoms with Crippen molar-refractivity contribution in [2.24, 2.45) is 0 Å². The molecule has 0 aliphatic heterocycles. The van der Waals surface area contributed by atoms with Crippen molar-refractivity contribution >= 4 is 23.2 Å². The van der Waals surface area contributed by atoms with Crippen molar-refractivity contribution in [3.8, 4) is 0 Å². The van der Waals surface area contributed by atoms with Crippen molar-refractivity contribution in [1.82, 2.24) is 5.32 Å². The van der Waals surface area contributed by atoms with E-state index in [1.54, 1.807) is 12.1 Å². The van der Waals surface area contributed by atoms with E-state index < -0.39 is 0 Å². The van der Waals surface area contributed by atoms with Gasteiger partial charge in [-0.05, 0) is 41.5 Å². The third-order valence-electron chi connectivity index (χ3n) is 2.47. The van der Waals surface area contributed by atoms with Crippen LogP contribution in [0.5, 0.6) is 0 Å². The maximum atomic E-state index is 13.0. The summed E-state index contributed by atoms with van der Waals surface area (Å²) in [4.78, 5) is 0. The second-order valence-corrected chi connectivity index (χ2v) is 4.88. The summed E-state index contributed by atoms with van der Waals surface area (Å²) in [5.41, 5.74) is 1.91. The quantitative estimate of drug-likeness (QED) is 0.876. The van der Waals surface area contributed by atoms with Gasteiger partial charge in [-0.25, -0.2) is 4.39 Å². The van der Waals surface area contributed by atoms with E-state index in [0.29, 0.717) is 23.1 Å². The topological polar surface area (TPSA) is 12.0 Å². The number of hydrogen-bond acceptors (Lipinski definition) is 1. The van der Waals surface area contributed by atoms with Crippen molar-refractivity contribution in [1.29, 1.82) is 0 Å². The molecule has 1 N–H and O–H groups in total. The number of halogens is 3. The summed E-state index contributed by atoms with van der Waals surface area (Å²) in [5, 5.41) is 4.45. The van der Waals surface area contributed by atoms with Gasteiger partial charge < -0.3 is 5.32 Å². The van der Waals surface area contributed by atoms with E-state index in [2.05, 4.69) is 5.32 Å². The molecule has 18 heavy (non-hydrogen) atoms. The third-order valence-corrected chi connectivity index (χ3v) is 2.91. The van der Waals surface area contributed by atoms with Crippen molar-refractivity contribution in [3.05, 3.63) is 69.5 Å². The summed E-state index contributed by atoms with van der Waals surface area (Å²) in [6.45, 7) is 1.23. The smallest absolute Gasteiger partial charge is 0.123 e. The van der Waals surface area contributed by atoms with E-state index in [0.717, 1.165) is 11.1 Å². The molecule has 0 aliphatic rings. The van der Waals surface area contributed by atoms with E-state index in [1.165, 1.54) is 12.1 Å². The Labute approximate surface area is 116 Å². The van der Waals surface area contributed by atoms with Gasteiger partial charge in [0.25, 0.3) is 0 Å². The number of nitrogens with one attached hydrogen (secondary N) is 1. The van der Waals surface area contributed by atoms with Crippen LogP contribution >= 0.6 is 23.2 Å². The molecule has 0 fully saturated rings. The molecule has 0 aromatic heterocycles. The molecule has 0 atom stereocenters. The Kier molecular flexibility index (Phi) is 4.59. The van der Waals surface area contributed by atoms with Crippen LogP contribution in [0.3, 0.4) is 0 Å². The van der Waals surface area contributed by atoms with Crippen LogP contribution in [-0.2, 0) is 13.1 Å². The largest absolute Gasteiger partial charge is 0.309 e. The monoisotopic (exact) mass is 283 g/mol. The predicted molar refractivity (Wildman–Crippen MR) is 73.4 cm³/mol. The molecule has 94 valence electrons. The normalized spacial score (nSPS) is 10.6. The first-order chi connectivity index (χ1) is 8.63. The molecule has 0 amide bonds. The lowest BCUT2D eigenvalue weighted by molar-refractivity contribution is 0.620. The molecule has 2 aromatic carbocycles. The Bertz CT molecular complexity index is 523. The van der Waals surface area contributed by atoms with Gasteiger partial charge in [0.2, 0.25) is 0 Å². The summed E-state index contributed by atoms with van der Waals surface area (Å²) < 4.78 is 13.0. The SMILES string of the molecule is Fc1cccc(CNCc2cc(Cl)cc(Cl)c2)c1. The molecule has 0 spiro atoms. The van der Waals surface area contributed by atoms with Crippen LogP contribution in [0.1, 0.15) is 11.1 Å². The standard InChI is InChI=1S/C14H12Cl2FN/c15-12-4-11(5-13(16)7-12)9-18-8-10-2-1-3-14(17)6-10/h1-7,18H,8-9H2. The van der Waals surface area contributed by atoms with Gasteiger partial charge in [0, 0.05) is 23.1 Å². The minimum Gasteiger partial charge on any atom is -0.309 e. The minimum absolute atomic E-state index is 0.222. The molecule has 0 heterocycles. The fourth-order valence-electron chi connectivity index (χ4n) is 1.71. The summed E-state index contributed by atoms with van der Waals surface area (Å²) in [6.07, 6.45) is 0. The maximum absolute atomic E-state index is 13.0. The zero-order valence-electron chi connectivity index (χ0n) is 9.59. The first-order valence-electron chi connectivity index (χ1n) is 5.53. The molecular weight excluding hydrogens is 272 g/mol. The third kappa shape index (κ3) is 3.98. The Balaban J connectivity index is 1.92. The van der Waals surface area contributed by atoms with Crippen LogP contribution in [0.15, 0.2) is 42.5 Å². The van der Waals surface area contributed by atoms with Gasteiger partial charge in [0.15, 0.2) is 0 Å². The van der Waals surface area contributed by atoms with Gasteiger partial charge in [-0.15, -0.1) is 0 Å². The lowest BCUT2D eigenvalue weighted by Gasteiger charge is -2.06. The Morgan fingerprint density at radius 3 is 2.22 bits per heavy atom. The molecule has 0 radical (unpaired) electrons. The lowest BCUT2D eigenvalue weighted by atomic mass is 10.2. The molecule has 1 nitrogen and oxygen atoms in total. The van der Waals surface area contributed by atoms with Gasteiger partial charge in [-0.2, -0.15) is 0 Å². The van der Waals surface area contributed by atoms with Gasteiger partial charge in [-0.1, -0.05) is 35.3 Å². The van der Waals surface area contributed by atoms with Crippen LogP contribution in [-0.4, -0.2) is 0 Å². The van der Waals surface area contributed by atoms with Crippen LogP contribution in [0.25, 0.3) is 0 Å². The average Bonchev–Trinajstić information content (AvgIpc) is 2.27. The first-order valence-corrected chi connectivity index (χ1v) is 6.29. The molecule has 0 bridgehead atoms. The summed E-state index contributed by atoms with van der Waals surface area (Å²) >= 11 is 11.8. The van der Waals surface area contributed by atoms with E-state index in [4.69, 9.17) is 23.2 Å². The highest BCUT2D eigenvalue weighted by atomic mass is 35.5.